The third-order valence-electron chi connectivity index (χ3n) is 3.04. The van der Waals surface area contributed by atoms with E-state index in [9.17, 15) is 4.79 Å². The van der Waals surface area contributed by atoms with E-state index in [1.807, 2.05) is 48.5 Å². The van der Waals surface area contributed by atoms with Crippen molar-refractivity contribution >= 4 is 11.6 Å². The Hall–Kier alpha value is -2.13. The van der Waals surface area contributed by atoms with Gasteiger partial charge in [0.15, 0.2) is 0 Å². The van der Waals surface area contributed by atoms with Crippen molar-refractivity contribution in [3.8, 4) is 0 Å². The van der Waals surface area contributed by atoms with Crippen LogP contribution in [0.15, 0.2) is 48.5 Å². The lowest BCUT2D eigenvalue weighted by atomic mass is 10.1. The zero-order chi connectivity index (χ0) is 13.7. The van der Waals surface area contributed by atoms with E-state index in [-0.39, 0.29) is 5.91 Å². The second kappa shape index (κ2) is 6.16. The number of anilines is 1. The molecule has 2 aromatic carbocycles. The summed E-state index contributed by atoms with van der Waals surface area (Å²) in [7, 11) is 0. The molecule has 98 valence electrons. The first-order valence-corrected chi connectivity index (χ1v) is 6.42. The maximum atomic E-state index is 12.1. The molecular formula is C16H18N2O. The predicted octanol–water partition coefficient (Wildman–Crippen LogP) is 2.96. The van der Waals surface area contributed by atoms with Crippen molar-refractivity contribution < 1.29 is 4.79 Å². The summed E-state index contributed by atoms with van der Waals surface area (Å²) in [6.07, 6.45) is 0.973. The standard InChI is InChI=1S/C16H18N2O/c1-2-12-6-8-14(9-7-12)16(19)18-15-5-3-4-13(10-15)11-17/h3-10H,2,11,17H2,1H3,(H,18,19). The number of hydrogen-bond donors (Lipinski definition) is 2. The zero-order valence-electron chi connectivity index (χ0n) is 11.0. The molecule has 0 spiro atoms. The van der Waals surface area contributed by atoms with Crippen LogP contribution in [0.5, 0.6) is 0 Å². The summed E-state index contributed by atoms with van der Waals surface area (Å²) in [5.74, 6) is -0.100. The molecule has 3 heteroatoms. The van der Waals surface area contributed by atoms with E-state index < -0.39 is 0 Å². The van der Waals surface area contributed by atoms with Crippen LogP contribution in [0.4, 0.5) is 5.69 Å². The van der Waals surface area contributed by atoms with E-state index in [1.54, 1.807) is 0 Å². The van der Waals surface area contributed by atoms with E-state index in [0.29, 0.717) is 12.1 Å². The molecule has 0 radical (unpaired) electrons. The van der Waals surface area contributed by atoms with Gasteiger partial charge in [-0.25, -0.2) is 0 Å². The maximum absolute atomic E-state index is 12.1. The summed E-state index contributed by atoms with van der Waals surface area (Å²) >= 11 is 0. The lowest BCUT2D eigenvalue weighted by Crippen LogP contribution is -2.12. The highest BCUT2D eigenvalue weighted by atomic mass is 16.1. The predicted molar refractivity (Wildman–Crippen MR) is 78.1 cm³/mol. The molecule has 19 heavy (non-hydrogen) atoms. The van der Waals surface area contributed by atoms with Crippen LogP contribution in [0.25, 0.3) is 0 Å². The Kier molecular flexibility index (Phi) is 4.31. The highest BCUT2D eigenvalue weighted by Gasteiger charge is 2.05. The number of nitrogens with two attached hydrogens (primary N) is 1. The largest absolute Gasteiger partial charge is 0.326 e. The molecule has 0 aliphatic rings. The molecule has 2 aromatic rings. The molecule has 1 amide bonds. The van der Waals surface area contributed by atoms with Gasteiger partial charge in [-0.2, -0.15) is 0 Å². The number of carbonyl (C=O) groups excluding carboxylic acids is 1. The number of benzene rings is 2. The third-order valence-corrected chi connectivity index (χ3v) is 3.04. The number of amides is 1. The number of hydrogen-bond acceptors (Lipinski definition) is 2. The molecule has 0 fully saturated rings. The van der Waals surface area contributed by atoms with Gasteiger partial charge in [-0.3, -0.25) is 4.79 Å². The normalized spacial score (nSPS) is 10.2. The molecule has 0 bridgehead atoms. The fraction of sp³-hybridized carbons (Fsp3) is 0.188. The van der Waals surface area contributed by atoms with Gasteiger partial charge in [0.1, 0.15) is 0 Å². The monoisotopic (exact) mass is 254 g/mol. The SMILES string of the molecule is CCc1ccc(C(=O)Nc2cccc(CN)c2)cc1. The van der Waals surface area contributed by atoms with Gasteiger partial charge < -0.3 is 11.1 Å². The van der Waals surface area contributed by atoms with Gasteiger partial charge in [0.25, 0.3) is 5.91 Å². The van der Waals surface area contributed by atoms with Crippen LogP contribution in [0.1, 0.15) is 28.4 Å². The average molecular weight is 254 g/mol. The van der Waals surface area contributed by atoms with Gasteiger partial charge in [-0.05, 0) is 41.8 Å². The van der Waals surface area contributed by atoms with Crippen molar-refractivity contribution in [1.29, 1.82) is 0 Å². The molecule has 3 nitrogen and oxygen atoms in total. The van der Waals surface area contributed by atoms with Gasteiger partial charge in [0.05, 0.1) is 0 Å². The number of aryl methyl sites for hydroxylation is 1. The van der Waals surface area contributed by atoms with E-state index in [0.717, 1.165) is 17.7 Å². The Morgan fingerprint density at radius 1 is 1.11 bits per heavy atom. The van der Waals surface area contributed by atoms with Crippen LogP contribution in [-0.4, -0.2) is 5.91 Å². The van der Waals surface area contributed by atoms with Crippen LogP contribution >= 0.6 is 0 Å². The molecule has 0 saturated heterocycles. The van der Waals surface area contributed by atoms with Gasteiger partial charge in [0.2, 0.25) is 0 Å². The fourth-order valence-electron chi connectivity index (χ4n) is 1.87. The van der Waals surface area contributed by atoms with Crippen LogP contribution in [-0.2, 0) is 13.0 Å². The molecule has 0 aliphatic carbocycles. The van der Waals surface area contributed by atoms with Gasteiger partial charge in [0, 0.05) is 17.8 Å². The molecular weight excluding hydrogens is 236 g/mol. The highest BCUT2D eigenvalue weighted by molar-refractivity contribution is 6.04. The van der Waals surface area contributed by atoms with E-state index in [2.05, 4.69) is 12.2 Å². The molecule has 0 aromatic heterocycles. The quantitative estimate of drug-likeness (QED) is 0.881. The van der Waals surface area contributed by atoms with Crippen LogP contribution in [0, 0.1) is 0 Å². The Labute approximate surface area is 113 Å². The summed E-state index contributed by atoms with van der Waals surface area (Å²) < 4.78 is 0. The third kappa shape index (κ3) is 3.42. The smallest absolute Gasteiger partial charge is 0.255 e. The molecule has 0 aliphatic heterocycles. The van der Waals surface area contributed by atoms with Crippen LogP contribution in [0.3, 0.4) is 0 Å². The summed E-state index contributed by atoms with van der Waals surface area (Å²) in [6.45, 7) is 2.56. The van der Waals surface area contributed by atoms with Gasteiger partial charge in [-0.1, -0.05) is 31.2 Å². The van der Waals surface area contributed by atoms with E-state index in [4.69, 9.17) is 5.73 Å². The topological polar surface area (TPSA) is 55.1 Å². The van der Waals surface area contributed by atoms with Crippen molar-refractivity contribution in [3.63, 3.8) is 0 Å². The number of carbonyl (C=O) groups is 1. The van der Waals surface area contributed by atoms with Crippen molar-refractivity contribution in [2.45, 2.75) is 19.9 Å². The second-order valence-corrected chi connectivity index (χ2v) is 4.41. The molecule has 0 unspecified atom stereocenters. The van der Waals surface area contributed by atoms with Gasteiger partial charge in [-0.15, -0.1) is 0 Å². The Morgan fingerprint density at radius 2 is 1.84 bits per heavy atom. The van der Waals surface area contributed by atoms with E-state index >= 15 is 0 Å². The van der Waals surface area contributed by atoms with Gasteiger partial charge >= 0.3 is 0 Å². The average Bonchev–Trinajstić information content (AvgIpc) is 2.47. The van der Waals surface area contributed by atoms with Crippen molar-refractivity contribution in [1.82, 2.24) is 0 Å². The van der Waals surface area contributed by atoms with Crippen molar-refractivity contribution in [2.24, 2.45) is 5.73 Å². The minimum absolute atomic E-state index is 0.100. The second-order valence-electron chi connectivity index (χ2n) is 4.41. The molecule has 0 heterocycles. The minimum Gasteiger partial charge on any atom is -0.326 e. The lowest BCUT2D eigenvalue weighted by Gasteiger charge is -2.07. The summed E-state index contributed by atoms with van der Waals surface area (Å²) in [4.78, 5) is 12.1. The summed E-state index contributed by atoms with van der Waals surface area (Å²) in [5.41, 5.74) is 9.24. The molecule has 2 rings (SSSR count). The Morgan fingerprint density at radius 3 is 2.47 bits per heavy atom. The highest BCUT2D eigenvalue weighted by Crippen LogP contribution is 2.12. The van der Waals surface area contributed by atoms with Crippen LogP contribution in [0.2, 0.25) is 0 Å². The summed E-state index contributed by atoms with van der Waals surface area (Å²) in [5, 5.41) is 2.88. The van der Waals surface area contributed by atoms with Crippen molar-refractivity contribution in [2.75, 3.05) is 5.32 Å². The Balaban J connectivity index is 2.11. The first kappa shape index (κ1) is 13.3. The lowest BCUT2D eigenvalue weighted by molar-refractivity contribution is 0.102. The Bertz CT molecular complexity index is 561. The minimum atomic E-state index is -0.100. The molecule has 0 atom stereocenters. The molecule has 0 saturated carbocycles. The molecule has 3 N–H and O–H groups in total. The first-order chi connectivity index (χ1) is 9.22. The maximum Gasteiger partial charge on any atom is 0.255 e. The van der Waals surface area contributed by atoms with E-state index in [1.165, 1.54) is 5.56 Å². The summed E-state index contributed by atoms with van der Waals surface area (Å²) in [6, 6.07) is 15.2. The fourth-order valence-corrected chi connectivity index (χ4v) is 1.87. The van der Waals surface area contributed by atoms with Crippen molar-refractivity contribution in [3.05, 3.63) is 65.2 Å². The number of nitrogens with one attached hydrogen (secondary N) is 1. The van der Waals surface area contributed by atoms with Crippen LogP contribution < -0.4 is 11.1 Å². The number of rotatable bonds is 4. The zero-order valence-corrected chi connectivity index (χ0v) is 11.0. The first-order valence-electron chi connectivity index (χ1n) is 6.42.